The third-order valence-electron chi connectivity index (χ3n) is 9.00. The lowest BCUT2D eigenvalue weighted by Crippen LogP contribution is -2.30. The fraction of sp³-hybridized carbons (Fsp3) is 0.306. The van der Waals surface area contributed by atoms with Crippen LogP contribution in [0.2, 0.25) is 10.0 Å². The molecule has 1 atom stereocenters. The van der Waals surface area contributed by atoms with Gasteiger partial charge in [0.15, 0.2) is 0 Å². The van der Waals surface area contributed by atoms with E-state index in [0.29, 0.717) is 61.5 Å². The lowest BCUT2D eigenvalue weighted by atomic mass is 10.0. The van der Waals surface area contributed by atoms with E-state index in [4.69, 9.17) is 42.4 Å². The summed E-state index contributed by atoms with van der Waals surface area (Å²) in [5.41, 5.74) is 5.67. The quantitative estimate of drug-likeness (QED) is 0.158. The number of anilines is 2. The van der Waals surface area contributed by atoms with Crippen LogP contribution in [0.25, 0.3) is 38.9 Å². The molecule has 5 aromatic rings. The van der Waals surface area contributed by atoms with Crippen molar-refractivity contribution in [2.24, 2.45) is 0 Å². The Kier molecular flexibility index (Phi) is 9.68. The van der Waals surface area contributed by atoms with Crippen molar-refractivity contribution in [1.82, 2.24) is 19.3 Å². The highest BCUT2D eigenvalue weighted by Crippen LogP contribution is 2.48. The Morgan fingerprint density at radius 1 is 0.958 bits per heavy atom. The number of hydrogen-bond acceptors (Lipinski definition) is 8. The molecule has 0 spiro atoms. The van der Waals surface area contributed by atoms with E-state index >= 15 is 0 Å². The van der Waals surface area contributed by atoms with Crippen molar-refractivity contribution < 1.29 is 19.0 Å². The summed E-state index contributed by atoms with van der Waals surface area (Å²) in [6.07, 6.45) is 9.82. The molecule has 0 radical (unpaired) electrons. The van der Waals surface area contributed by atoms with E-state index in [1.54, 1.807) is 39.8 Å². The van der Waals surface area contributed by atoms with E-state index in [2.05, 4.69) is 40.8 Å². The second kappa shape index (κ2) is 13.9. The van der Waals surface area contributed by atoms with Crippen LogP contribution in [0.15, 0.2) is 61.6 Å². The Morgan fingerprint density at radius 3 is 2.35 bits per heavy atom. The molecule has 3 aromatic heterocycles. The number of carbonyl (C=O) groups is 1. The van der Waals surface area contributed by atoms with Gasteiger partial charge in [-0.15, -0.1) is 0 Å². The number of halogens is 2. The Bertz CT molecular complexity index is 2000. The number of imidazole rings is 1. The minimum atomic E-state index is -0.293. The zero-order chi connectivity index (χ0) is 34.1. The highest BCUT2D eigenvalue weighted by Gasteiger charge is 2.25. The van der Waals surface area contributed by atoms with E-state index in [1.807, 2.05) is 34.9 Å². The number of carbonyl (C=O) groups excluding carboxylic acids is 1. The number of amides is 1. The highest BCUT2D eigenvalue weighted by molar-refractivity contribution is 6.41. The standard InChI is InChI=1S/C36H38Cl2N6O4/c1-7-32(45)41-26-16-23(29(46-4)18-28(26)43-12-8-9-22(10-13-43)42(2)3)25-17-27-21(20-40-25)15-24(36-39-11-14-44(27)36)33-34(37)30(47-5)19-31(48-6)35(33)38/h7,11,14-20,22H,1,8-10,12-13H2,2-6H3,(H,41,45). The first-order valence-electron chi connectivity index (χ1n) is 15.6. The second-order valence-corrected chi connectivity index (χ2v) is 12.6. The van der Waals surface area contributed by atoms with Crippen molar-refractivity contribution in [3.63, 3.8) is 0 Å². The first kappa shape index (κ1) is 33.4. The number of rotatable bonds is 9. The number of aromatic nitrogens is 3. The molecule has 48 heavy (non-hydrogen) atoms. The van der Waals surface area contributed by atoms with Gasteiger partial charge in [-0.3, -0.25) is 14.2 Å². The third kappa shape index (κ3) is 6.11. The minimum Gasteiger partial charge on any atom is -0.496 e. The molecule has 12 heteroatoms. The van der Waals surface area contributed by atoms with Crippen LogP contribution >= 0.6 is 23.2 Å². The average molecular weight is 690 g/mol. The van der Waals surface area contributed by atoms with Crippen LogP contribution in [-0.4, -0.2) is 79.7 Å². The van der Waals surface area contributed by atoms with Crippen LogP contribution in [0.4, 0.5) is 11.4 Å². The number of methoxy groups -OCH3 is 3. The van der Waals surface area contributed by atoms with Gasteiger partial charge in [0.25, 0.3) is 0 Å². The maximum absolute atomic E-state index is 12.7. The summed E-state index contributed by atoms with van der Waals surface area (Å²) in [6.45, 7) is 5.39. The van der Waals surface area contributed by atoms with Gasteiger partial charge in [0.05, 0.1) is 54.0 Å². The molecule has 1 amide bonds. The van der Waals surface area contributed by atoms with Crippen LogP contribution in [0, 0.1) is 0 Å². The molecule has 4 heterocycles. The molecule has 1 fully saturated rings. The number of nitrogens with zero attached hydrogens (tertiary/aromatic N) is 5. The van der Waals surface area contributed by atoms with Gasteiger partial charge in [-0.05, 0) is 57.6 Å². The summed E-state index contributed by atoms with van der Waals surface area (Å²) in [7, 11) is 8.98. The molecule has 2 aromatic carbocycles. The predicted molar refractivity (Wildman–Crippen MR) is 193 cm³/mol. The lowest BCUT2D eigenvalue weighted by Gasteiger charge is -2.28. The third-order valence-corrected chi connectivity index (χ3v) is 9.75. The summed E-state index contributed by atoms with van der Waals surface area (Å²) >= 11 is 13.6. The SMILES string of the molecule is C=CC(=O)Nc1cc(-c2cc3c(cn2)cc(-c2c(Cl)c(OC)cc(OC)c2Cl)c2nccn23)c(OC)cc1N1CCCC(N(C)C)CC1. The maximum Gasteiger partial charge on any atom is 0.247 e. The van der Waals surface area contributed by atoms with Crippen LogP contribution in [0.5, 0.6) is 17.2 Å². The molecular formula is C36H38Cl2N6O4. The summed E-state index contributed by atoms with van der Waals surface area (Å²) in [5.74, 6) is 1.21. The van der Waals surface area contributed by atoms with Crippen molar-refractivity contribution in [2.75, 3.05) is 58.7 Å². The molecule has 0 aliphatic carbocycles. The average Bonchev–Trinajstić information content (AvgIpc) is 3.46. The predicted octanol–water partition coefficient (Wildman–Crippen LogP) is 7.59. The van der Waals surface area contributed by atoms with Gasteiger partial charge >= 0.3 is 0 Å². The van der Waals surface area contributed by atoms with Crippen LogP contribution in [0.1, 0.15) is 19.3 Å². The van der Waals surface area contributed by atoms with Crippen LogP contribution in [-0.2, 0) is 4.79 Å². The van der Waals surface area contributed by atoms with Gasteiger partial charge in [0.2, 0.25) is 5.91 Å². The lowest BCUT2D eigenvalue weighted by molar-refractivity contribution is -0.111. The summed E-state index contributed by atoms with van der Waals surface area (Å²) < 4.78 is 19.0. The van der Waals surface area contributed by atoms with Crippen molar-refractivity contribution in [3.8, 4) is 39.6 Å². The molecule has 1 unspecified atom stereocenters. The summed E-state index contributed by atoms with van der Waals surface area (Å²) in [5, 5.41) is 4.55. The van der Waals surface area contributed by atoms with Gasteiger partial charge < -0.3 is 29.3 Å². The number of fused-ring (bicyclic) bond motifs is 3. The van der Waals surface area contributed by atoms with Crippen molar-refractivity contribution >= 4 is 57.0 Å². The van der Waals surface area contributed by atoms with Gasteiger partial charge in [0.1, 0.15) is 22.9 Å². The van der Waals surface area contributed by atoms with Crippen LogP contribution < -0.4 is 24.4 Å². The molecule has 1 saturated heterocycles. The summed E-state index contributed by atoms with van der Waals surface area (Å²) in [4.78, 5) is 26.8. The zero-order valence-electron chi connectivity index (χ0n) is 27.6. The molecule has 0 saturated carbocycles. The molecule has 250 valence electrons. The largest absolute Gasteiger partial charge is 0.496 e. The molecule has 1 N–H and O–H groups in total. The fourth-order valence-electron chi connectivity index (χ4n) is 6.47. The van der Waals surface area contributed by atoms with Gasteiger partial charge in [-0.2, -0.15) is 0 Å². The van der Waals surface area contributed by atoms with E-state index in [-0.39, 0.29) is 5.91 Å². The van der Waals surface area contributed by atoms with Gasteiger partial charge in [0, 0.05) is 71.9 Å². The molecular weight excluding hydrogens is 651 g/mol. The molecule has 0 bridgehead atoms. The number of nitrogens with one attached hydrogen (secondary N) is 1. The smallest absolute Gasteiger partial charge is 0.247 e. The monoisotopic (exact) mass is 688 g/mol. The molecule has 1 aliphatic rings. The number of hydrogen-bond donors (Lipinski definition) is 1. The number of pyridine rings is 2. The second-order valence-electron chi connectivity index (χ2n) is 11.9. The topological polar surface area (TPSA) is 93.5 Å². The zero-order valence-corrected chi connectivity index (χ0v) is 29.2. The van der Waals surface area contributed by atoms with E-state index in [9.17, 15) is 4.79 Å². The van der Waals surface area contributed by atoms with Gasteiger partial charge in [-0.1, -0.05) is 29.8 Å². The first-order chi connectivity index (χ1) is 23.2. The normalized spacial score (nSPS) is 15.1. The van der Waals surface area contributed by atoms with E-state index in [0.717, 1.165) is 54.5 Å². The molecule has 6 rings (SSSR count). The van der Waals surface area contributed by atoms with Crippen molar-refractivity contribution in [1.29, 1.82) is 0 Å². The minimum absolute atomic E-state index is 0.293. The molecule has 10 nitrogen and oxygen atoms in total. The Labute approximate surface area is 289 Å². The number of benzene rings is 2. The van der Waals surface area contributed by atoms with E-state index < -0.39 is 0 Å². The Morgan fingerprint density at radius 2 is 1.69 bits per heavy atom. The van der Waals surface area contributed by atoms with Crippen molar-refractivity contribution in [3.05, 3.63) is 71.6 Å². The van der Waals surface area contributed by atoms with Crippen LogP contribution in [0.3, 0.4) is 0 Å². The summed E-state index contributed by atoms with van der Waals surface area (Å²) in [6, 6.07) is 10.0. The maximum atomic E-state index is 12.7. The number of ether oxygens (including phenoxy) is 3. The molecule has 1 aliphatic heterocycles. The van der Waals surface area contributed by atoms with E-state index in [1.165, 1.54) is 6.08 Å². The Balaban J connectivity index is 1.49. The fourth-order valence-corrected chi connectivity index (χ4v) is 7.17. The Hall–Kier alpha value is -4.51. The highest BCUT2D eigenvalue weighted by atomic mass is 35.5. The first-order valence-corrected chi connectivity index (χ1v) is 16.4. The van der Waals surface area contributed by atoms with Crippen molar-refractivity contribution in [2.45, 2.75) is 25.3 Å². The van der Waals surface area contributed by atoms with Gasteiger partial charge in [-0.25, -0.2) is 4.98 Å².